The number of urea groups is 1. The molecular weight excluding hydrogens is 236 g/mol. The molecule has 0 aromatic rings. The largest absolute Gasteiger partial charge is 0.480 e. The molecule has 1 aliphatic heterocycles. The van der Waals surface area contributed by atoms with Crippen LogP contribution in [0.25, 0.3) is 0 Å². The van der Waals surface area contributed by atoms with Crippen molar-refractivity contribution in [1.82, 2.24) is 9.80 Å². The summed E-state index contributed by atoms with van der Waals surface area (Å²) in [6.45, 7) is 5.30. The van der Waals surface area contributed by atoms with Crippen LogP contribution in [0.15, 0.2) is 0 Å². The SMILES string of the molecule is CN(C(=O)N1CCCC1(C)C(=O)O)C(C)(C)CO. The van der Waals surface area contributed by atoms with Gasteiger partial charge in [-0.05, 0) is 33.6 Å². The maximum Gasteiger partial charge on any atom is 0.329 e. The summed E-state index contributed by atoms with van der Waals surface area (Å²) in [7, 11) is 1.58. The molecule has 1 saturated heterocycles. The van der Waals surface area contributed by atoms with E-state index in [1.807, 2.05) is 0 Å². The molecule has 104 valence electrons. The van der Waals surface area contributed by atoms with E-state index in [1.54, 1.807) is 27.8 Å². The van der Waals surface area contributed by atoms with Gasteiger partial charge in [-0.1, -0.05) is 0 Å². The van der Waals surface area contributed by atoms with E-state index in [4.69, 9.17) is 0 Å². The molecule has 1 rings (SSSR count). The molecule has 6 nitrogen and oxygen atoms in total. The Labute approximate surface area is 107 Å². The summed E-state index contributed by atoms with van der Waals surface area (Å²) < 4.78 is 0. The molecule has 0 bridgehead atoms. The highest BCUT2D eigenvalue weighted by molar-refractivity contribution is 5.86. The lowest BCUT2D eigenvalue weighted by Crippen LogP contribution is -2.59. The Morgan fingerprint density at radius 1 is 1.44 bits per heavy atom. The number of carbonyl (C=O) groups excluding carboxylic acids is 1. The molecule has 1 fully saturated rings. The molecule has 1 aliphatic rings. The van der Waals surface area contributed by atoms with Gasteiger partial charge in [0.05, 0.1) is 12.1 Å². The topological polar surface area (TPSA) is 81.1 Å². The maximum absolute atomic E-state index is 12.3. The van der Waals surface area contributed by atoms with E-state index in [2.05, 4.69) is 0 Å². The summed E-state index contributed by atoms with van der Waals surface area (Å²) in [4.78, 5) is 26.5. The highest BCUT2D eigenvalue weighted by atomic mass is 16.4. The number of carboxylic acid groups (broad SMARTS) is 1. The van der Waals surface area contributed by atoms with Crippen molar-refractivity contribution in [3.05, 3.63) is 0 Å². The quantitative estimate of drug-likeness (QED) is 0.782. The highest BCUT2D eigenvalue weighted by Crippen LogP contribution is 2.31. The average molecular weight is 258 g/mol. The number of likely N-dealkylation sites (tertiary alicyclic amines) is 1. The molecule has 0 saturated carbocycles. The van der Waals surface area contributed by atoms with Crippen molar-refractivity contribution in [2.45, 2.75) is 44.7 Å². The number of amides is 2. The molecule has 18 heavy (non-hydrogen) atoms. The van der Waals surface area contributed by atoms with Gasteiger partial charge in [0.2, 0.25) is 0 Å². The number of carboxylic acids is 1. The first-order chi connectivity index (χ1) is 8.16. The van der Waals surface area contributed by atoms with E-state index in [9.17, 15) is 19.8 Å². The number of rotatable bonds is 3. The Morgan fingerprint density at radius 3 is 2.44 bits per heavy atom. The van der Waals surface area contributed by atoms with Crippen LogP contribution in [0.5, 0.6) is 0 Å². The third kappa shape index (κ3) is 2.29. The Balaban J connectivity index is 2.94. The second-order valence-electron chi connectivity index (χ2n) is 5.65. The highest BCUT2D eigenvalue weighted by Gasteiger charge is 2.48. The Hall–Kier alpha value is -1.30. The molecule has 2 N–H and O–H groups in total. The summed E-state index contributed by atoms with van der Waals surface area (Å²) in [6, 6.07) is -0.351. The number of likely N-dealkylation sites (N-methyl/N-ethyl adjacent to an activating group) is 1. The Morgan fingerprint density at radius 2 is 2.00 bits per heavy atom. The van der Waals surface area contributed by atoms with Crippen molar-refractivity contribution in [2.75, 3.05) is 20.2 Å². The summed E-state index contributed by atoms with van der Waals surface area (Å²) in [5, 5.41) is 18.5. The Bertz CT molecular complexity index is 356. The third-order valence-corrected chi connectivity index (χ3v) is 3.91. The van der Waals surface area contributed by atoms with Crippen LogP contribution in [0.1, 0.15) is 33.6 Å². The first-order valence-electron chi connectivity index (χ1n) is 6.06. The van der Waals surface area contributed by atoms with E-state index >= 15 is 0 Å². The van der Waals surface area contributed by atoms with Gasteiger partial charge in [-0.3, -0.25) is 0 Å². The number of hydrogen-bond acceptors (Lipinski definition) is 3. The van der Waals surface area contributed by atoms with Gasteiger partial charge in [-0.25, -0.2) is 9.59 Å². The van der Waals surface area contributed by atoms with Crippen LogP contribution in [0, 0.1) is 0 Å². The molecular formula is C12H22N2O4. The smallest absolute Gasteiger partial charge is 0.329 e. The van der Waals surface area contributed by atoms with Crippen LogP contribution in [-0.4, -0.2) is 63.3 Å². The van der Waals surface area contributed by atoms with E-state index in [0.717, 1.165) is 0 Å². The minimum Gasteiger partial charge on any atom is -0.480 e. The lowest BCUT2D eigenvalue weighted by molar-refractivity contribution is -0.147. The molecule has 2 amide bonds. The van der Waals surface area contributed by atoms with Crippen molar-refractivity contribution in [3.63, 3.8) is 0 Å². The molecule has 0 spiro atoms. The fourth-order valence-electron chi connectivity index (χ4n) is 2.04. The number of aliphatic carboxylic acids is 1. The molecule has 1 unspecified atom stereocenters. The van der Waals surface area contributed by atoms with Gasteiger partial charge >= 0.3 is 12.0 Å². The standard InChI is InChI=1S/C12H22N2O4/c1-11(2,8-15)13(4)10(18)14-7-5-6-12(14,3)9(16)17/h15H,5-8H2,1-4H3,(H,16,17). The molecule has 1 atom stereocenters. The minimum absolute atomic E-state index is 0.174. The van der Waals surface area contributed by atoms with Gasteiger partial charge in [0.1, 0.15) is 5.54 Å². The van der Waals surface area contributed by atoms with Gasteiger partial charge in [0.25, 0.3) is 0 Å². The predicted octanol–water partition coefficient (Wildman–Crippen LogP) is 0.748. The normalized spacial score (nSPS) is 24.2. The van der Waals surface area contributed by atoms with E-state index < -0.39 is 17.0 Å². The lowest BCUT2D eigenvalue weighted by atomic mass is 9.99. The summed E-state index contributed by atoms with van der Waals surface area (Å²) in [5.74, 6) is -0.983. The Kier molecular flexibility index (Phi) is 3.90. The second kappa shape index (κ2) is 4.76. The number of hydrogen-bond donors (Lipinski definition) is 2. The van der Waals surface area contributed by atoms with Crippen molar-refractivity contribution in [1.29, 1.82) is 0 Å². The fourth-order valence-corrected chi connectivity index (χ4v) is 2.04. The molecule has 0 radical (unpaired) electrons. The van der Waals surface area contributed by atoms with E-state index in [0.29, 0.717) is 19.4 Å². The van der Waals surface area contributed by atoms with Gasteiger partial charge in [0.15, 0.2) is 0 Å². The van der Waals surface area contributed by atoms with Gasteiger partial charge in [0, 0.05) is 13.6 Å². The molecule has 1 heterocycles. The first kappa shape index (κ1) is 14.8. The van der Waals surface area contributed by atoms with E-state index in [1.165, 1.54) is 9.80 Å². The van der Waals surface area contributed by atoms with Crippen LogP contribution in [0.4, 0.5) is 4.79 Å². The van der Waals surface area contributed by atoms with Gasteiger partial charge < -0.3 is 20.0 Å². The van der Waals surface area contributed by atoms with Crippen LogP contribution >= 0.6 is 0 Å². The van der Waals surface area contributed by atoms with Gasteiger partial charge in [-0.2, -0.15) is 0 Å². The van der Waals surface area contributed by atoms with Crippen molar-refractivity contribution < 1.29 is 19.8 Å². The number of carbonyl (C=O) groups is 2. The van der Waals surface area contributed by atoms with E-state index in [-0.39, 0.29) is 12.6 Å². The fraction of sp³-hybridized carbons (Fsp3) is 0.833. The summed E-state index contributed by atoms with van der Waals surface area (Å²) in [6.07, 6.45) is 1.14. The van der Waals surface area contributed by atoms with Crippen molar-refractivity contribution >= 4 is 12.0 Å². The zero-order valence-corrected chi connectivity index (χ0v) is 11.4. The van der Waals surface area contributed by atoms with Crippen molar-refractivity contribution in [2.24, 2.45) is 0 Å². The summed E-state index contributed by atoms with van der Waals surface area (Å²) in [5.41, 5.74) is -1.85. The van der Waals surface area contributed by atoms with Crippen LogP contribution in [0.2, 0.25) is 0 Å². The van der Waals surface area contributed by atoms with Crippen LogP contribution in [-0.2, 0) is 4.79 Å². The number of nitrogens with zero attached hydrogens (tertiary/aromatic N) is 2. The number of aliphatic hydroxyl groups excluding tert-OH is 1. The minimum atomic E-state index is -1.14. The number of aliphatic hydroxyl groups is 1. The molecule has 0 aromatic heterocycles. The average Bonchev–Trinajstić information content (AvgIpc) is 2.70. The zero-order chi connectivity index (χ0) is 14.1. The van der Waals surface area contributed by atoms with Gasteiger partial charge in [-0.15, -0.1) is 0 Å². The molecule has 0 aromatic carbocycles. The monoisotopic (exact) mass is 258 g/mol. The van der Waals surface area contributed by atoms with Crippen molar-refractivity contribution in [3.8, 4) is 0 Å². The molecule has 0 aliphatic carbocycles. The lowest BCUT2D eigenvalue weighted by Gasteiger charge is -2.40. The third-order valence-electron chi connectivity index (χ3n) is 3.91. The summed E-state index contributed by atoms with van der Waals surface area (Å²) >= 11 is 0. The molecule has 6 heteroatoms. The van der Waals surface area contributed by atoms with Crippen LogP contribution < -0.4 is 0 Å². The zero-order valence-electron chi connectivity index (χ0n) is 11.4. The first-order valence-corrected chi connectivity index (χ1v) is 6.06. The second-order valence-corrected chi connectivity index (χ2v) is 5.65. The van der Waals surface area contributed by atoms with Crippen LogP contribution in [0.3, 0.4) is 0 Å². The maximum atomic E-state index is 12.3. The predicted molar refractivity (Wildman–Crippen MR) is 66.3 cm³/mol.